The number of nitrogens with one attached hydrogen (secondary N) is 1. The second-order valence-corrected chi connectivity index (χ2v) is 10.2. The molecule has 1 fully saturated rings. The summed E-state index contributed by atoms with van der Waals surface area (Å²) in [4.78, 5) is 20.9. The van der Waals surface area contributed by atoms with Gasteiger partial charge in [0.15, 0.2) is 9.84 Å². The van der Waals surface area contributed by atoms with Crippen molar-refractivity contribution in [3.63, 3.8) is 0 Å². The molecular weight excluding hydrogens is 432 g/mol. The van der Waals surface area contributed by atoms with Crippen molar-refractivity contribution in [3.8, 4) is 5.88 Å². The van der Waals surface area contributed by atoms with Crippen LogP contribution in [0, 0.1) is 0 Å². The Balaban J connectivity index is 1.29. The molecule has 2 aromatic heterocycles. The number of carbonyl (C=O) groups is 1. The highest BCUT2D eigenvalue weighted by molar-refractivity contribution is 7.91. The average molecular weight is 465 g/mol. The van der Waals surface area contributed by atoms with E-state index in [1.807, 2.05) is 12.1 Å². The maximum absolute atomic E-state index is 12.0. The summed E-state index contributed by atoms with van der Waals surface area (Å²) in [6, 6.07) is 7.18. The fourth-order valence-corrected chi connectivity index (χ4v) is 4.64. The second-order valence-electron chi connectivity index (χ2n) is 8.10. The van der Waals surface area contributed by atoms with Gasteiger partial charge in [0, 0.05) is 51.5 Å². The summed E-state index contributed by atoms with van der Waals surface area (Å²) in [7, 11) is -1.40. The fraction of sp³-hybridized carbons (Fsp3) is 0.545. The zero-order valence-corrected chi connectivity index (χ0v) is 19.3. The molecule has 176 valence electrons. The van der Waals surface area contributed by atoms with Gasteiger partial charge in [0.2, 0.25) is 11.8 Å². The van der Waals surface area contributed by atoms with Crippen LogP contribution in [0.5, 0.6) is 5.88 Å². The normalized spacial score (nSPS) is 15.5. The molecule has 0 atom stereocenters. The summed E-state index contributed by atoms with van der Waals surface area (Å²) in [5.41, 5.74) is 1.18. The maximum Gasteiger partial charge on any atom is 0.235 e. The summed E-state index contributed by atoms with van der Waals surface area (Å²) >= 11 is 0. The Morgan fingerprint density at radius 2 is 2.03 bits per heavy atom. The molecule has 3 rings (SSSR count). The second kappa shape index (κ2) is 12.0. The van der Waals surface area contributed by atoms with E-state index in [9.17, 15) is 13.2 Å². The molecule has 1 aliphatic rings. The number of aromatic nitrogens is 1. The highest BCUT2D eigenvalue weighted by Crippen LogP contribution is 2.13. The predicted octanol–water partition coefficient (Wildman–Crippen LogP) is 1.31. The Morgan fingerprint density at radius 1 is 1.22 bits per heavy atom. The summed E-state index contributed by atoms with van der Waals surface area (Å²) in [6.07, 6.45) is 4.59. The van der Waals surface area contributed by atoms with E-state index >= 15 is 0 Å². The maximum atomic E-state index is 12.0. The largest absolute Gasteiger partial charge is 0.478 e. The minimum absolute atomic E-state index is 0.276. The third-order valence-electron chi connectivity index (χ3n) is 5.24. The van der Waals surface area contributed by atoms with Gasteiger partial charge < -0.3 is 19.4 Å². The number of hydrogen-bond donors (Lipinski definition) is 1. The predicted molar refractivity (Wildman–Crippen MR) is 121 cm³/mol. The van der Waals surface area contributed by atoms with Crippen LogP contribution >= 0.6 is 0 Å². The summed E-state index contributed by atoms with van der Waals surface area (Å²) in [6.45, 7) is 6.06. The van der Waals surface area contributed by atoms with E-state index in [-0.39, 0.29) is 5.75 Å². The number of likely N-dealkylation sites (N-methyl/N-ethyl adjacent to an activating group) is 1. The Morgan fingerprint density at radius 3 is 2.78 bits per heavy atom. The first kappa shape index (κ1) is 24.2. The summed E-state index contributed by atoms with van der Waals surface area (Å²) in [5.74, 6) is -0.396. The number of hydrogen-bond acceptors (Lipinski definition) is 8. The molecule has 0 unspecified atom stereocenters. The van der Waals surface area contributed by atoms with E-state index in [1.165, 1.54) is 11.8 Å². The van der Waals surface area contributed by atoms with Crippen molar-refractivity contribution in [1.29, 1.82) is 0 Å². The first-order valence-corrected chi connectivity index (χ1v) is 12.7. The third kappa shape index (κ3) is 8.60. The minimum atomic E-state index is -3.55. The molecule has 1 aliphatic heterocycles. The van der Waals surface area contributed by atoms with Gasteiger partial charge >= 0.3 is 0 Å². The fourth-order valence-electron chi connectivity index (χ4n) is 3.44. The molecular formula is C22H32N4O5S. The SMILES string of the molecule is CN1CCN(Cc2ccnc(OCCCCNC(=O)CS(=O)(=O)Cc3ccco3)c2)CC1. The van der Waals surface area contributed by atoms with E-state index in [4.69, 9.17) is 9.15 Å². The molecule has 0 aliphatic carbocycles. The van der Waals surface area contributed by atoms with Crippen molar-refractivity contribution < 1.29 is 22.4 Å². The van der Waals surface area contributed by atoms with E-state index in [0.29, 0.717) is 31.2 Å². The summed E-state index contributed by atoms with van der Waals surface area (Å²) in [5, 5.41) is 2.65. The smallest absolute Gasteiger partial charge is 0.235 e. The molecule has 1 amide bonds. The van der Waals surface area contributed by atoms with Crippen LogP contribution in [0.25, 0.3) is 0 Å². The Labute approximate surface area is 189 Å². The number of sulfone groups is 1. The zero-order valence-electron chi connectivity index (χ0n) is 18.5. The van der Waals surface area contributed by atoms with Gasteiger partial charge in [-0.1, -0.05) is 0 Å². The molecule has 1 N–H and O–H groups in total. The average Bonchev–Trinajstić information content (AvgIpc) is 3.24. The lowest BCUT2D eigenvalue weighted by Gasteiger charge is -2.32. The monoisotopic (exact) mass is 464 g/mol. The van der Waals surface area contributed by atoms with Crippen molar-refractivity contribution in [2.75, 3.05) is 52.1 Å². The van der Waals surface area contributed by atoms with E-state index < -0.39 is 21.5 Å². The first-order valence-electron chi connectivity index (χ1n) is 10.9. The highest BCUT2D eigenvalue weighted by Gasteiger charge is 2.18. The van der Waals surface area contributed by atoms with Gasteiger partial charge in [-0.2, -0.15) is 0 Å². The van der Waals surface area contributed by atoms with Crippen molar-refractivity contribution in [1.82, 2.24) is 20.1 Å². The van der Waals surface area contributed by atoms with Crippen LogP contribution in [0.3, 0.4) is 0 Å². The van der Waals surface area contributed by atoms with Gasteiger partial charge in [-0.15, -0.1) is 0 Å². The van der Waals surface area contributed by atoms with Gasteiger partial charge in [-0.05, 0) is 43.7 Å². The number of piperazine rings is 1. The number of carbonyl (C=O) groups excluding carboxylic acids is 1. The molecule has 10 heteroatoms. The van der Waals surface area contributed by atoms with Crippen LogP contribution < -0.4 is 10.1 Å². The summed E-state index contributed by atoms with van der Waals surface area (Å²) < 4.78 is 34.8. The van der Waals surface area contributed by atoms with Gasteiger partial charge in [0.05, 0.1) is 12.9 Å². The standard InChI is InChI=1S/C22H32N4O5S/c1-25-9-11-26(12-10-25)16-19-6-8-24-22(15-19)31-13-3-2-7-23-21(27)18-32(28,29)17-20-5-4-14-30-20/h4-6,8,14-15H,2-3,7,9-13,16-18H2,1H3,(H,23,27). The molecule has 0 bridgehead atoms. The van der Waals surface area contributed by atoms with Crippen LogP contribution in [0.2, 0.25) is 0 Å². The minimum Gasteiger partial charge on any atom is -0.478 e. The van der Waals surface area contributed by atoms with Crippen LogP contribution in [0.1, 0.15) is 24.2 Å². The topological polar surface area (TPSA) is 105 Å². The number of rotatable bonds is 12. The van der Waals surface area contributed by atoms with E-state index in [2.05, 4.69) is 27.1 Å². The van der Waals surface area contributed by atoms with Gasteiger partial charge in [0.25, 0.3) is 0 Å². The number of amides is 1. The van der Waals surface area contributed by atoms with Crippen LogP contribution in [-0.2, 0) is 26.9 Å². The van der Waals surface area contributed by atoms with Crippen molar-refractivity contribution in [2.45, 2.75) is 25.1 Å². The van der Waals surface area contributed by atoms with Crippen molar-refractivity contribution in [2.24, 2.45) is 0 Å². The Kier molecular flexibility index (Phi) is 9.07. The number of ether oxygens (including phenoxy) is 1. The van der Waals surface area contributed by atoms with Gasteiger partial charge in [-0.3, -0.25) is 9.69 Å². The molecule has 1 saturated heterocycles. The third-order valence-corrected chi connectivity index (χ3v) is 6.66. The first-order chi connectivity index (χ1) is 15.4. The molecule has 9 nitrogen and oxygen atoms in total. The van der Waals surface area contributed by atoms with Gasteiger partial charge in [-0.25, -0.2) is 13.4 Å². The molecule has 2 aromatic rings. The van der Waals surface area contributed by atoms with Crippen LogP contribution in [-0.4, -0.2) is 81.2 Å². The van der Waals surface area contributed by atoms with Crippen molar-refractivity contribution in [3.05, 3.63) is 48.0 Å². The molecule has 0 saturated carbocycles. The lowest BCUT2D eigenvalue weighted by molar-refractivity contribution is -0.118. The number of pyridine rings is 1. The Hall–Kier alpha value is -2.43. The highest BCUT2D eigenvalue weighted by atomic mass is 32.2. The molecule has 32 heavy (non-hydrogen) atoms. The van der Waals surface area contributed by atoms with E-state index in [0.717, 1.165) is 39.1 Å². The van der Waals surface area contributed by atoms with E-state index in [1.54, 1.807) is 18.3 Å². The van der Waals surface area contributed by atoms with Crippen LogP contribution in [0.15, 0.2) is 41.1 Å². The zero-order chi connectivity index (χ0) is 22.8. The molecule has 0 aromatic carbocycles. The lowest BCUT2D eigenvalue weighted by Crippen LogP contribution is -2.43. The van der Waals surface area contributed by atoms with Gasteiger partial charge in [0.1, 0.15) is 17.3 Å². The molecule has 0 spiro atoms. The number of furan rings is 1. The quantitative estimate of drug-likeness (QED) is 0.469. The van der Waals surface area contributed by atoms with Crippen molar-refractivity contribution >= 4 is 15.7 Å². The lowest BCUT2D eigenvalue weighted by atomic mass is 10.2. The number of nitrogens with zero attached hydrogens (tertiary/aromatic N) is 3. The molecule has 3 heterocycles. The Bertz CT molecular complexity index is 941. The molecule has 0 radical (unpaired) electrons. The number of unbranched alkanes of at least 4 members (excludes halogenated alkanes) is 1. The van der Waals surface area contributed by atoms with Crippen LogP contribution in [0.4, 0.5) is 0 Å².